The lowest BCUT2D eigenvalue weighted by Gasteiger charge is -2.37. The number of carbonyl (C=O) groups is 2. The summed E-state index contributed by atoms with van der Waals surface area (Å²) in [6.07, 6.45) is 2.96. The molecule has 0 bridgehead atoms. The highest BCUT2D eigenvalue weighted by Crippen LogP contribution is 2.28. The molecule has 0 unspecified atom stereocenters. The summed E-state index contributed by atoms with van der Waals surface area (Å²) in [5.74, 6) is 0.987. The molecule has 8 heteroatoms. The van der Waals surface area contributed by atoms with E-state index in [4.69, 9.17) is 4.74 Å². The molecule has 1 aliphatic carbocycles. The van der Waals surface area contributed by atoms with Crippen LogP contribution in [0.2, 0.25) is 0 Å². The van der Waals surface area contributed by atoms with Gasteiger partial charge in [0.25, 0.3) is 0 Å². The summed E-state index contributed by atoms with van der Waals surface area (Å²) in [6, 6.07) is 13.9. The van der Waals surface area contributed by atoms with Gasteiger partial charge in [-0.2, -0.15) is 0 Å². The van der Waals surface area contributed by atoms with Crippen molar-refractivity contribution in [1.82, 2.24) is 20.0 Å². The second kappa shape index (κ2) is 10.5. The predicted molar refractivity (Wildman–Crippen MR) is 122 cm³/mol. The van der Waals surface area contributed by atoms with Crippen LogP contribution in [0.1, 0.15) is 19.3 Å². The number of piperazine rings is 1. The molecule has 1 saturated heterocycles. The number of rotatable bonds is 8. The van der Waals surface area contributed by atoms with Gasteiger partial charge in [-0.15, -0.1) is 10.2 Å². The number of carbonyl (C=O) groups excluding carboxylic acids is 2. The minimum atomic E-state index is -0.000985. The Balaban J connectivity index is 1.30. The van der Waals surface area contributed by atoms with E-state index in [1.54, 1.807) is 12.0 Å². The maximum Gasteiger partial charge on any atom is 0.242 e. The molecule has 170 valence electrons. The maximum absolute atomic E-state index is 12.9. The molecular weight excluding hydrogens is 406 g/mol. The Labute approximate surface area is 189 Å². The zero-order chi connectivity index (χ0) is 22.3. The molecule has 1 saturated carbocycles. The van der Waals surface area contributed by atoms with Crippen LogP contribution in [0, 0.1) is 5.92 Å². The smallest absolute Gasteiger partial charge is 0.242 e. The fourth-order valence-corrected chi connectivity index (χ4v) is 4.09. The van der Waals surface area contributed by atoms with Gasteiger partial charge in [0.1, 0.15) is 0 Å². The van der Waals surface area contributed by atoms with Crippen molar-refractivity contribution in [2.75, 3.05) is 57.9 Å². The number of amides is 2. The zero-order valence-corrected chi connectivity index (χ0v) is 18.7. The Bertz CT molecular complexity index is 894. The second-order valence-electron chi connectivity index (χ2n) is 8.39. The first-order chi connectivity index (χ1) is 15.7. The van der Waals surface area contributed by atoms with Gasteiger partial charge in [-0.1, -0.05) is 36.8 Å². The summed E-state index contributed by atoms with van der Waals surface area (Å²) in [6.45, 7) is 3.63. The van der Waals surface area contributed by atoms with E-state index in [1.165, 1.54) is 0 Å². The molecule has 0 atom stereocenters. The van der Waals surface area contributed by atoms with Gasteiger partial charge in [-0.25, -0.2) is 0 Å². The lowest BCUT2D eigenvalue weighted by Crippen LogP contribution is -2.53. The number of benzene rings is 1. The third kappa shape index (κ3) is 5.24. The van der Waals surface area contributed by atoms with Crippen molar-refractivity contribution < 1.29 is 14.3 Å². The van der Waals surface area contributed by atoms with Crippen LogP contribution in [-0.2, 0) is 14.3 Å². The van der Waals surface area contributed by atoms with Crippen molar-refractivity contribution in [3.8, 4) is 11.3 Å². The highest BCUT2D eigenvalue weighted by Gasteiger charge is 2.31. The number of methoxy groups -OCH3 is 1. The van der Waals surface area contributed by atoms with Crippen LogP contribution in [0.5, 0.6) is 0 Å². The van der Waals surface area contributed by atoms with E-state index < -0.39 is 0 Å². The first kappa shape index (κ1) is 22.2. The molecule has 2 heterocycles. The van der Waals surface area contributed by atoms with Crippen LogP contribution >= 0.6 is 0 Å². The standard InChI is InChI=1S/C24H31N5O3/c1-32-17-16-29(24(31)20-8-5-9-20)18-23(30)28-14-12-27(13-15-28)22-11-10-21(25-26-22)19-6-3-2-4-7-19/h2-4,6-7,10-11,20H,5,8-9,12-18H2,1H3. The van der Waals surface area contributed by atoms with Crippen molar-refractivity contribution in [2.45, 2.75) is 19.3 Å². The van der Waals surface area contributed by atoms with Crippen molar-refractivity contribution in [1.29, 1.82) is 0 Å². The van der Waals surface area contributed by atoms with E-state index in [0.717, 1.165) is 36.3 Å². The molecule has 1 aromatic carbocycles. The number of hydrogen-bond donors (Lipinski definition) is 0. The van der Waals surface area contributed by atoms with Crippen LogP contribution in [-0.4, -0.2) is 84.8 Å². The van der Waals surface area contributed by atoms with Crippen molar-refractivity contribution in [3.05, 3.63) is 42.5 Å². The average molecular weight is 438 g/mol. The van der Waals surface area contributed by atoms with Gasteiger partial charge in [0, 0.05) is 51.3 Å². The largest absolute Gasteiger partial charge is 0.383 e. The lowest BCUT2D eigenvalue weighted by atomic mass is 9.84. The van der Waals surface area contributed by atoms with Crippen molar-refractivity contribution >= 4 is 17.6 Å². The number of aromatic nitrogens is 2. The molecule has 4 rings (SSSR count). The quantitative estimate of drug-likeness (QED) is 0.629. The van der Waals surface area contributed by atoms with Crippen LogP contribution in [0.4, 0.5) is 5.82 Å². The van der Waals surface area contributed by atoms with Crippen LogP contribution < -0.4 is 4.90 Å². The van der Waals surface area contributed by atoms with Crippen molar-refractivity contribution in [2.24, 2.45) is 5.92 Å². The first-order valence-corrected chi connectivity index (χ1v) is 11.4. The van der Waals surface area contributed by atoms with E-state index in [1.807, 2.05) is 47.4 Å². The third-order valence-corrected chi connectivity index (χ3v) is 6.33. The topological polar surface area (TPSA) is 78.9 Å². The number of ether oxygens (including phenoxy) is 1. The Morgan fingerprint density at radius 2 is 1.78 bits per heavy atom. The molecule has 0 spiro atoms. The maximum atomic E-state index is 12.9. The molecule has 2 aliphatic rings. The second-order valence-corrected chi connectivity index (χ2v) is 8.39. The summed E-state index contributed by atoms with van der Waals surface area (Å²) < 4.78 is 5.14. The molecule has 1 aromatic heterocycles. The molecule has 2 fully saturated rings. The average Bonchev–Trinajstić information content (AvgIpc) is 2.81. The monoisotopic (exact) mass is 437 g/mol. The summed E-state index contributed by atoms with van der Waals surface area (Å²) >= 11 is 0. The van der Waals surface area contributed by atoms with E-state index in [0.29, 0.717) is 39.3 Å². The van der Waals surface area contributed by atoms with Gasteiger partial charge in [-0.05, 0) is 25.0 Å². The van der Waals surface area contributed by atoms with Crippen LogP contribution in [0.15, 0.2) is 42.5 Å². The van der Waals surface area contributed by atoms with E-state index in [-0.39, 0.29) is 24.3 Å². The van der Waals surface area contributed by atoms with Crippen LogP contribution in [0.3, 0.4) is 0 Å². The van der Waals surface area contributed by atoms with Gasteiger partial charge >= 0.3 is 0 Å². The van der Waals surface area contributed by atoms with Crippen LogP contribution in [0.25, 0.3) is 11.3 Å². The van der Waals surface area contributed by atoms with E-state index in [2.05, 4.69) is 15.1 Å². The molecule has 32 heavy (non-hydrogen) atoms. The Morgan fingerprint density at radius 3 is 2.38 bits per heavy atom. The molecule has 0 N–H and O–H groups in total. The summed E-state index contributed by atoms with van der Waals surface area (Å²) in [7, 11) is 1.61. The highest BCUT2D eigenvalue weighted by molar-refractivity contribution is 5.86. The normalized spacial score (nSPS) is 16.5. The van der Waals surface area contributed by atoms with Gasteiger partial charge < -0.3 is 19.4 Å². The Hall–Kier alpha value is -3.00. The zero-order valence-electron chi connectivity index (χ0n) is 18.7. The number of nitrogens with zero attached hydrogens (tertiary/aromatic N) is 5. The molecular formula is C24H31N5O3. The van der Waals surface area contributed by atoms with Gasteiger partial charge in [-0.3, -0.25) is 9.59 Å². The van der Waals surface area contributed by atoms with Gasteiger partial charge in [0.15, 0.2) is 5.82 Å². The van der Waals surface area contributed by atoms with Gasteiger partial charge in [0.2, 0.25) is 11.8 Å². The Kier molecular flexibility index (Phi) is 7.32. The summed E-state index contributed by atoms with van der Waals surface area (Å²) in [5, 5.41) is 8.76. The lowest BCUT2D eigenvalue weighted by molar-refractivity contribution is -0.145. The minimum absolute atomic E-state index is 0.000985. The van der Waals surface area contributed by atoms with E-state index in [9.17, 15) is 9.59 Å². The predicted octanol–water partition coefficient (Wildman–Crippen LogP) is 2.07. The summed E-state index contributed by atoms with van der Waals surface area (Å²) in [5.41, 5.74) is 1.88. The molecule has 0 radical (unpaired) electrons. The molecule has 2 aromatic rings. The SMILES string of the molecule is COCCN(CC(=O)N1CCN(c2ccc(-c3ccccc3)nn2)CC1)C(=O)C1CCC1. The summed E-state index contributed by atoms with van der Waals surface area (Å²) in [4.78, 5) is 31.3. The molecule has 2 amide bonds. The highest BCUT2D eigenvalue weighted by atomic mass is 16.5. The third-order valence-electron chi connectivity index (χ3n) is 6.33. The fourth-order valence-electron chi connectivity index (χ4n) is 4.09. The number of anilines is 1. The van der Waals surface area contributed by atoms with Gasteiger partial charge in [0.05, 0.1) is 18.8 Å². The van der Waals surface area contributed by atoms with Crippen molar-refractivity contribution in [3.63, 3.8) is 0 Å². The molecule has 8 nitrogen and oxygen atoms in total. The molecule has 1 aliphatic heterocycles. The fraction of sp³-hybridized carbons (Fsp3) is 0.500. The minimum Gasteiger partial charge on any atom is -0.383 e. The first-order valence-electron chi connectivity index (χ1n) is 11.4. The van der Waals surface area contributed by atoms with E-state index >= 15 is 0 Å². The number of hydrogen-bond acceptors (Lipinski definition) is 6. The Morgan fingerprint density at radius 1 is 1.03 bits per heavy atom.